The SMILES string of the molecule is [C-]#[N+]c1ccc2c3ccc(-c4ccc(-c5ccc6c(-c7ccccc7)c7cc(-c8ccc(-c9ccc%10c%11ccc(C#N)cc%11n(-c%11ccccc%11)c%10c9)cc8)ccc7c(-c7ccccc7)c6c5)cc4)cc3n(-c3ccccc3)c2c1. The van der Waals surface area contributed by atoms with E-state index in [0.29, 0.717) is 11.3 Å². The zero-order valence-corrected chi connectivity index (χ0v) is 43.3. The summed E-state index contributed by atoms with van der Waals surface area (Å²) in [7, 11) is 0. The highest BCUT2D eigenvalue weighted by Crippen LogP contribution is 2.47. The van der Waals surface area contributed by atoms with Gasteiger partial charge in [0.2, 0.25) is 0 Å². The molecule has 0 aliphatic heterocycles. The smallest absolute Gasteiger partial charge is 0.189 e. The molecule has 0 saturated carbocycles. The molecule has 0 radical (unpaired) electrons. The number of rotatable bonds is 8. The molecule has 0 bridgehead atoms. The van der Waals surface area contributed by atoms with Crippen LogP contribution in [0.1, 0.15) is 5.56 Å². The Hall–Kier alpha value is -11.0. The number of nitrogens with zero attached hydrogens (tertiary/aromatic N) is 4. The Morgan fingerprint density at radius 3 is 1.00 bits per heavy atom. The zero-order valence-electron chi connectivity index (χ0n) is 43.3. The highest BCUT2D eigenvalue weighted by Gasteiger charge is 2.21. The summed E-state index contributed by atoms with van der Waals surface area (Å²) in [6.45, 7) is 7.74. The lowest BCUT2D eigenvalue weighted by molar-refractivity contribution is 1.18. The number of hydrogen-bond acceptors (Lipinski definition) is 1. The highest BCUT2D eigenvalue weighted by atomic mass is 15.0. The molecular weight excluding hydrogens is 969 g/mol. The van der Waals surface area contributed by atoms with E-state index < -0.39 is 0 Å². The van der Waals surface area contributed by atoms with Crippen molar-refractivity contribution in [2.45, 2.75) is 0 Å². The van der Waals surface area contributed by atoms with Crippen LogP contribution in [0.25, 0.3) is 148 Å². The molecule has 0 atom stereocenters. The normalized spacial score (nSPS) is 11.5. The second-order valence-corrected chi connectivity index (χ2v) is 20.6. The minimum Gasteiger partial charge on any atom is -0.310 e. The molecule has 0 spiro atoms. The molecule has 0 aliphatic rings. The van der Waals surface area contributed by atoms with Crippen molar-refractivity contribution in [1.29, 1.82) is 5.26 Å². The standard InChI is InChI=1S/C76H46N4/c1-78-60-35-41-66-65-38-32-59(46-73(65)80(74(66)47-60)62-20-12-5-13-21-62)53-29-25-51(26-30-53)57-34-40-68-70(44-57)76(55-16-8-3-9-17-55)67-39-33-56(43-69(67)75(68)54-14-6-2-7-15-54)50-23-27-52(28-24-50)58-31-37-64-63-36-22-49(48-77)42-71(63)79(72(64)45-58)61-18-10-4-11-19-61/h2-47H. The quantitative estimate of drug-likeness (QED) is 0.110. The summed E-state index contributed by atoms with van der Waals surface area (Å²) in [6.07, 6.45) is 0. The van der Waals surface area contributed by atoms with Crippen molar-refractivity contribution in [1.82, 2.24) is 9.13 Å². The first-order valence-corrected chi connectivity index (χ1v) is 27.0. The zero-order chi connectivity index (χ0) is 53.3. The summed E-state index contributed by atoms with van der Waals surface area (Å²) in [5, 5.41) is 19.2. The van der Waals surface area contributed by atoms with Gasteiger partial charge in [0.15, 0.2) is 5.69 Å². The second-order valence-electron chi connectivity index (χ2n) is 20.6. The van der Waals surface area contributed by atoms with Crippen LogP contribution in [0.4, 0.5) is 5.69 Å². The summed E-state index contributed by atoms with van der Waals surface area (Å²) in [5.41, 5.74) is 21.6. The van der Waals surface area contributed by atoms with Gasteiger partial charge in [-0.15, -0.1) is 0 Å². The molecule has 0 N–H and O–H groups in total. The van der Waals surface area contributed by atoms with E-state index in [0.717, 1.165) is 99.5 Å². The van der Waals surface area contributed by atoms with E-state index in [-0.39, 0.29) is 0 Å². The minimum atomic E-state index is 0.629. The van der Waals surface area contributed by atoms with E-state index in [1.54, 1.807) is 0 Å². The number of fused-ring (bicyclic) bond motifs is 8. The summed E-state index contributed by atoms with van der Waals surface area (Å²) in [4.78, 5) is 3.77. The van der Waals surface area contributed by atoms with Crippen LogP contribution in [0.2, 0.25) is 0 Å². The average molecular weight is 1020 g/mol. The van der Waals surface area contributed by atoms with E-state index in [1.165, 1.54) is 43.8 Å². The average Bonchev–Trinajstić information content (AvgIpc) is 4.22. The van der Waals surface area contributed by atoms with Gasteiger partial charge in [0.1, 0.15) is 0 Å². The fourth-order valence-electron chi connectivity index (χ4n) is 12.4. The molecule has 4 nitrogen and oxygen atoms in total. The Morgan fingerprint density at radius 1 is 0.275 bits per heavy atom. The van der Waals surface area contributed by atoms with Gasteiger partial charge in [0.05, 0.1) is 34.8 Å². The molecule has 13 aromatic carbocycles. The molecule has 4 heteroatoms. The van der Waals surface area contributed by atoms with Gasteiger partial charge in [0.25, 0.3) is 0 Å². The van der Waals surface area contributed by atoms with Crippen LogP contribution in [-0.2, 0) is 0 Å². The van der Waals surface area contributed by atoms with Gasteiger partial charge < -0.3 is 9.13 Å². The van der Waals surface area contributed by atoms with Crippen molar-refractivity contribution < 1.29 is 0 Å². The molecule has 15 aromatic rings. The maximum atomic E-state index is 9.83. The molecule has 2 aromatic heterocycles. The molecule has 80 heavy (non-hydrogen) atoms. The predicted octanol–water partition coefficient (Wildman–Crippen LogP) is 20.6. The third kappa shape index (κ3) is 7.66. The van der Waals surface area contributed by atoms with Gasteiger partial charge in [0, 0.05) is 38.4 Å². The number of hydrogen-bond donors (Lipinski definition) is 0. The lowest BCUT2D eigenvalue weighted by Gasteiger charge is -2.20. The topological polar surface area (TPSA) is 38.0 Å². The van der Waals surface area contributed by atoms with Gasteiger partial charge >= 0.3 is 0 Å². The minimum absolute atomic E-state index is 0.629. The Balaban J connectivity index is 0.827. The van der Waals surface area contributed by atoms with Crippen molar-refractivity contribution >= 4 is 70.8 Å². The number of benzene rings is 13. The Bertz CT molecular complexity index is 4700. The molecule has 0 fully saturated rings. The maximum absolute atomic E-state index is 9.83. The maximum Gasteiger partial charge on any atom is 0.189 e. The lowest BCUT2D eigenvalue weighted by atomic mass is 9.84. The predicted molar refractivity (Wildman–Crippen MR) is 334 cm³/mol. The van der Waals surface area contributed by atoms with Gasteiger partial charge in [-0.3, -0.25) is 0 Å². The highest BCUT2D eigenvalue weighted by molar-refractivity contribution is 6.22. The van der Waals surface area contributed by atoms with Gasteiger partial charge in [-0.2, -0.15) is 5.26 Å². The Morgan fingerprint density at radius 2 is 0.600 bits per heavy atom. The van der Waals surface area contributed by atoms with Crippen LogP contribution in [-0.4, -0.2) is 9.13 Å². The van der Waals surface area contributed by atoms with Gasteiger partial charge in [-0.05, 0) is 155 Å². The first kappa shape index (κ1) is 46.3. The third-order valence-corrected chi connectivity index (χ3v) is 16.2. The van der Waals surface area contributed by atoms with Crippen LogP contribution in [0.5, 0.6) is 0 Å². The summed E-state index contributed by atoms with van der Waals surface area (Å²) in [6, 6.07) is 102. The van der Waals surface area contributed by atoms with Crippen molar-refractivity contribution in [3.63, 3.8) is 0 Å². The van der Waals surface area contributed by atoms with Crippen molar-refractivity contribution in [2.24, 2.45) is 0 Å². The summed E-state index contributed by atoms with van der Waals surface area (Å²) in [5.74, 6) is 0. The monoisotopic (exact) mass is 1010 g/mol. The molecule has 0 aliphatic carbocycles. The van der Waals surface area contributed by atoms with Gasteiger partial charge in [-0.25, -0.2) is 4.85 Å². The van der Waals surface area contributed by atoms with Crippen LogP contribution in [0.15, 0.2) is 279 Å². The fourth-order valence-corrected chi connectivity index (χ4v) is 12.4. The largest absolute Gasteiger partial charge is 0.310 e. The summed E-state index contributed by atoms with van der Waals surface area (Å²) >= 11 is 0. The number of para-hydroxylation sites is 2. The number of aromatic nitrogens is 2. The number of nitriles is 1. The summed E-state index contributed by atoms with van der Waals surface area (Å²) < 4.78 is 4.56. The van der Waals surface area contributed by atoms with Crippen molar-refractivity contribution in [2.75, 3.05) is 0 Å². The first-order chi connectivity index (χ1) is 39.6. The van der Waals surface area contributed by atoms with E-state index in [2.05, 4.69) is 263 Å². The van der Waals surface area contributed by atoms with E-state index in [1.807, 2.05) is 36.4 Å². The first-order valence-electron chi connectivity index (χ1n) is 27.0. The van der Waals surface area contributed by atoms with Crippen LogP contribution in [0, 0.1) is 17.9 Å². The van der Waals surface area contributed by atoms with Crippen molar-refractivity contribution in [3.05, 3.63) is 296 Å². The molecule has 15 rings (SSSR count). The fraction of sp³-hybridized carbons (Fsp3) is 0. The molecule has 2 heterocycles. The molecule has 370 valence electrons. The third-order valence-electron chi connectivity index (χ3n) is 16.2. The van der Waals surface area contributed by atoms with Crippen molar-refractivity contribution in [3.8, 4) is 84.2 Å². The van der Waals surface area contributed by atoms with E-state index in [4.69, 9.17) is 6.57 Å². The molecule has 0 saturated heterocycles. The molecule has 0 unspecified atom stereocenters. The second kappa shape index (κ2) is 18.9. The van der Waals surface area contributed by atoms with Gasteiger partial charge in [-0.1, -0.05) is 212 Å². The molecular formula is C76H46N4. The lowest BCUT2D eigenvalue weighted by Crippen LogP contribution is -1.94. The Labute approximate surface area is 463 Å². The van der Waals surface area contributed by atoms with Crippen LogP contribution in [0.3, 0.4) is 0 Å². The van der Waals surface area contributed by atoms with Crippen LogP contribution < -0.4 is 0 Å². The molecule has 0 amide bonds. The van der Waals surface area contributed by atoms with E-state index in [9.17, 15) is 5.26 Å². The van der Waals surface area contributed by atoms with E-state index >= 15 is 0 Å². The van der Waals surface area contributed by atoms with Crippen LogP contribution >= 0.6 is 0 Å². The Kier molecular flexibility index (Phi) is 10.9.